The third-order valence-electron chi connectivity index (χ3n) is 4.93. The van der Waals surface area contributed by atoms with Crippen molar-refractivity contribution in [2.45, 2.75) is 96.6 Å². The van der Waals surface area contributed by atoms with Crippen LogP contribution in [-0.4, -0.2) is 24.2 Å². The standard InChI is InChI=1S/C21H41N3/c1-2-3-4-5-6-7-8-9-10-11-12-13-14-15-16-21-23-18-20-24(21)19-17-22/h2-3,18,20-21,23H,4-17,19,22H2,1H3/b3-2+. The highest BCUT2D eigenvalue weighted by Crippen LogP contribution is 2.15. The van der Waals surface area contributed by atoms with E-state index in [1.54, 1.807) is 0 Å². The maximum atomic E-state index is 5.64. The second-order valence-electron chi connectivity index (χ2n) is 7.06. The molecule has 0 fully saturated rings. The summed E-state index contributed by atoms with van der Waals surface area (Å²) in [5, 5.41) is 3.42. The average molecular weight is 336 g/mol. The number of hydrogen-bond donors (Lipinski definition) is 2. The molecule has 0 aliphatic carbocycles. The topological polar surface area (TPSA) is 41.3 Å². The number of hydrogen-bond acceptors (Lipinski definition) is 3. The van der Waals surface area contributed by atoms with Crippen molar-refractivity contribution in [3.63, 3.8) is 0 Å². The summed E-state index contributed by atoms with van der Waals surface area (Å²) in [6.45, 7) is 3.81. The SMILES string of the molecule is C/C=C/CCCCCCCCCCCCCC1NC=CN1CCN. The van der Waals surface area contributed by atoms with Crippen LogP contribution in [0.15, 0.2) is 24.6 Å². The lowest BCUT2D eigenvalue weighted by Gasteiger charge is -2.25. The van der Waals surface area contributed by atoms with E-state index in [2.05, 4.69) is 41.7 Å². The Bertz CT molecular complexity index is 325. The van der Waals surface area contributed by atoms with Crippen LogP contribution >= 0.6 is 0 Å². The van der Waals surface area contributed by atoms with E-state index >= 15 is 0 Å². The molecule has 3 nitrogen and oxygen atoms in total. The van der Waals surface area contributed by atoms with Gasteiger partial charge in [0.1, 0.15) is 0 Å². The zero-order valence-electron chi connectivity index (χ0n) is 16.0. The van der Waals surface area contributed by atoms with E-state index in [-0.39, 0.29) is 0 Å². The molecule has 0 amide bonds. The van der Waals surface area contributed by atoms with Crippen molar-refractivity contribution in [2.24, 2.45) is 5.73 Å². The molecule has 0 aromatic rings. The molecule has 0 spiro atoms. The van der Waals surface area contributed by atoms with Gasteiger partial charge in [-0.3, -0.25) is 0 Å². The van der Waals surface area contributed by atoms with E-state index in [0.717, 1.165) is 13.1 Å². The highest BCUT2D eigenvalue weighted by atomic mass is 15.3. The maximum absolute atomic E-state index is 5.64. The average Bonchev–Trinajstić information content (AvgIpc) is 3.03. The quantitative estimate of drug-likeness (QED) is 0.297. The van der Waals surface area contributed by atoms with Gasteiger partial charge in [-0.25, -0.2) is 0 Å². The summed E-state index contributed by atoms with van der Waals surface area (Å²) in [4.78, 5) is 2.33. The molecule has 1 atom stereocenters. The molecule has 0 saturated carbocycles. The third-order valence-corrected chi connectivity index (χ3v) is 4.93. The van der Waals surface area contributed by atoms with E-state index in [0.29, 0.717) is 6.17 Å². The fraction of sp³-hybridized carbons (Fsp3) is 0.810. The van der Waals surface area contributed by atoms with Crippen LogP contribution in [0.5, 0.6) is 0 Å². The number of rotatable bonds is 16. The molecular formula is C21H41N3. The van der Waals surface area contributed by atoms with Crippen molar-refractivity contribution in [2.75, 3.05) is 13.1 Å². The van der Waals surface area contributed by atoms with Gasteiger partial charge in [-0.15, -0.1) is 0 Å². The Hall–Kier alpha value is -0.960. The Morgan fingerprint density at radius 3 is 2.08 bits per heavy atom. The second kappa shape index (κ2) is 15.6. The fourth-order valence-corrected chi connectivity index (χ4v) is 3.44. The predicted molar refractivity (Wildman–Crippen MR) is 107 cm³/mol. The summed E-state index contributed by atoms with van der Waals surface area (Å²) in [7, 11) is 0. The lowest BCUT2D eigenvalue weighted by atomic mass is 10.0. The van der Waals surface area contributed by atoms with Crippen LogP contribution in [0.1, 0.15) is 90.4 Å². The Morgan fingerprint density at radius 2 is 1.50 bits per heavy atom. The maximum Gasteiger partial charge on any atom is 0.0981 e. The summed E-state index contributed by atoms with van der Waals surface area (Å²) in [5.74, 6) is 0. The monoisotopic (exact) mass is 335 g/mol. The number of nitrogens with zero attached hydrogens (tertiary/aromatic N) is 1. The van der Waals surface area contributed by atoms with Gasteiger partial charge in [0.05, 0.1) is 6.17 Å². The molecule has 1 unspecified atom stereocenters. The fourth-order valence-electron chi connectivity index (χ4n) is 3.44. The number of unbranched alkanes of at least 4 members (excludes halogenated alkanes) is 11. The van der Waals surface area contributed by atoms with Crippen LogP contribution in [0.3, 0.4) is 0 Å². The first-order valence-electron chi connectivity index (χ1n) is 10.4. The molecule has 0 bridgehead atoms. The van der Waals surface area contributed by atoms with Crippen molar-refractivity contribution >= 4 is 0 Å². The van der Waals surface area contributed by atoms with E-state index in [4.69, 9.17) is 5.73 Å². The molecule has 0 aromatic heterocycles. The van der Waals surface area contributed by atoms with Crippen molar-refractivity contribution < 1.29 is 0 Å². The Morgan fingerprint density at radius 1 is 0.917 bits per heavy atom. The number of nitrogens with two attached hydrogens (primary N) is 1. The molecule has 1 heterocycles. The zero-order chi connectivity index (χ0) is 17.3. The highest BCUT2D eigenvalue weighted by Gasteiger charge is 2.16. The molecule has 3 N–H and O–H groups in total. The number of allylic oxidation sites excluding steroid dienone is 2. The molecule has 0 aromatic carbocycles. The summed E-state index contributed by atoms with van der Waals surface area (Å²) in [6.07, 6.45) is 27.1. The van der Waals surface area contributed by atoms with Gasteiger partial charge in [0.15, 0.2) is 0 Å². The smallest absolute Gasteiger partial charge is 0.0981 e. The predicted octanol–water partition coefficient (Wildman–Crippen LogP) is 5.30. The van der Waals surface area contributed by atoms with E-state index < -0.39 is 0 Å². The first-order chi connectivity index (χ1) is 11.9. The molecule has 1 aliphatic heterocycles. The molecule has 140 valence electrons. The van der Waals surface area contributed by atoms with Crippen LogP contribution in [-0.2, 0) is 0 Å². The Balaban J connectivity index is 1.78. The van der Waals surface area contributed by atoms with Crippen molar-refractivity contribution in [3.8, 4) is 0 Å². The first kappa shape index (κ1) is 21.1. The normalized spacial score (nSPS) is 17.1. The lowest BCUT2D eigenvalue weighted by molar-refractivity contribution is 0.264. The van der Waals surface area contributed by atoms with Crippen LogP contribution in [0.25, 0.3) is 0 Å². The van der Waals surface area contributed by atoms with Gasteiger partial charge < -0.3 is 16.0 Å². The highest BCUT2D eigenvalue weighted by molar-refractivity contribution is 4.94. The van der Waals surface area contributed by atoms with Gasteiger partial charge in [0.2, 0.25) is 0 Å². The molecule has 24 heavy (non-hydrogen) atoms. The minimum absolute atomic E-state index is 0.487. The third kappa shape index (κ3) is 10.7. The van der Waals surface area contributed by atoms with Crippen LogP contribution in [0.4, 0.5) is 0 Å². The zero-order valence-corrected chi connectivity index (χ0v) is 16.0. The van der Waals surface area contributed by atoms with E-state index in [1.165, 1.54) is 83.5 Å². The van der Waals surface area contributed by atoms with Crippen LogP contribution < -0.4 is 11.1 Å². The van der Waals surface area contributed by atoms with Gasteiger partial charge in [-0.05, 0) is 32.6 Å². The van der Waals surface area contributed by atoms with Gasteiger partial charge >= 0.3 is 0 Å². The molecule has 1 rings (SSSR count). The summed E-state index contributed by atoms with van der Waals surface area (Å²) in [5.41, 5.74) is 5.64. The number of nitrogens with one attached hydrogen (secondary N) is 1. The first-order valence-corrected chi connectivity index (χ1v) is 10.4. The lowest BCUT2D eigenvalue weighted by Crippen LogP contribution is -2.37. The minimum atomic E-state index is 0.487. The largest absolute Gasteiger partial charge is 0.370 e. The molecule has 0 saturated heterocycles. The van der Waals surface area contributed by atoms with Gasteiger partial charge in [-0.1, -0.05) is 69.9 Å². The molecular weight excluding hydrogens is 294 g/mol. The Kier molecular flexibility index (Phi) is 13.7. The van der Waals surface area contributed by atoms with Gasteiger partial charge in [0, 0.05) is 25.5 Å². The van der Waals surface area contributed by atoms with E-state index in [9.17, 15) is 0 Å². The van der Waals surface area contributed by atoms with Crippen LogP contribution in [0.2, 0.25) is 0 Å². The summed E-state index contributed by atoms with van der Waals surface area (Å²) in [6, 6.07) is 0. The molecule has 1 aliphatic rings. The molecule has 3 heteroatoms. The second-order valence-corrected chi connectivity index (χ2v) is 7.06. The summed E-state index contributed by atoms with van der Waals surface area (Å²) >= 11 is 0. The van der Waals surface area contributed by atoms with Gasteiger partial charge in [-0.2, -0.15) is 0 Å². The van der Waals surface area contributed by atoms with Crippen LogP contribution in [0, 0.1) is 0 Å². The van der Waals surface area contributed by atoms with Crippen molar-refractivity contribution in [1.82, 2.24) is 10.2 Å². The van der Waals surface area contributed by atoms with Crippen molar-refractivity contribution in [3.05, 3.63) is 24.6 Å². The summed E-state index contributed by atoms with van der Waals surface area (Å²) < 4.78 is 0. The molecule has 0 radical (unpaired) electrons. The minimum Gasteiger partial charge on any atom is -0.370 e. The van der Waals surface area contributed by atoms with E-state index in [1.807, 2.05) is 0 Å². The Labute approximate surface area is 150 Å². The van der Waals surface area contributed by atoms with Crippen molar-refractivity contribution in [1.29, 1.82) is 0 Å². The van der Waals surface area contributed by atoms with Gasteiger partial charge in [0.25, 0.3) is 0 Å².